The van der Waals surface area contributed by atoms with Crippen LogP contribution in [0.2, 0.25) is 0 Å². The molecule has 2 aromatic carbocycles. The minimum atomic E-state index is -0.559. The van der Waals surface area contributed by atoms with Crippen molar-refractivity contribution in [3.8, 4) is 5.75 Å². The smallest absolute Gasteiger partial charge is 0.330 e. The summed E-state index contributed by atoms with van der Waals surface area (Å²) in [6.45, 7) is 2.70. The van der Waals surface area contributed by atoms with Crippen molar-refractivity contribution >= 4 is 29.4 Å². The molecule has 0 radical (unpaired) electrons. The first-order valence-corrected chi connectivity index (χ1v) is 9.51. The van der Waals surface area contributed by atoms with Gasteiger partial charge in [0.25, 0.3) is 11.7 Å². The van der Waals surface area contributed by atoms with Gasteiger partial charge in [-0.1, -0.05) is 31.5 Å². The van der Waals surface area contributed by atoms with Crippen LogP contribution in [0.25, 0.3) is 6.08 Å². The molecule has 1 aliphatic rings. The van der Waals surface area contributed by atoms with E-state index in [0.717, 1.165) is 24.2 Å². The zero-order valence-electron chi connectivity index (χ0n) is 16.5. The summed E-state index contributed by atoms with van der Waals surface area (Å²) in [4.78, 5) is 38.1. The largest absolute Gasteiger partial charge is 0.497 e. The predicted octanol–water partition coefficient (Wildman–Crippen LogP) is 3.78. The average molecular weight is 393 g/mol. The molecular formula is C23H23NO5. The maximum absolute atomic E-state index is 12.5. The number of hydrogen-bond donors (Lipinski definition) is 0. The minimum absolute atomic E-state index is 0.292. The molecule has 0 saturated carbocycles. The Kier molecular flexibility index (Phi) is 6.44. The van der Waals surface area contributed by atoms with Crippen LogP contribution in [0.3, 0.4) is 0 Å². The molecule has 6 nitrogen and oxygen atoms in total. The van der Waals surface area contributed by atoms with Crippen molar-refractivity contribution < 1.29 is 23.9 Å². The van der Waals surface area contributed by atoms with E-state index in [2.05, 4.69) is 0 Å². The second-order valence-electron chi connectivity index (χ2n) is 6.70. The Hall–Kier alpha value is -3.41. The first-order valence-electron chi connectivity index (χ1n) is 9.51. The van der Waals surface area contributed by atoms with E-state index >= 15 is 0 Å². The van der Waals surface area contributed by atoms with Crippen LogP contribution in [-0.2, 0) is 20.9 Å². The Bertz CT molecular complexity index is 946. The van der Waals surface area contributed by atoms with Crippen molar-refractivity contribution in [1.29, 1.82) is 0 Å². The Morgan fingerprint density at radius 1 is 1.10 bits per heavy atom. The van der Waals surface area contributed by atoms with Gasteiger partial charge in [-0.3, -0.25) is 9.59 Å². The molecule has 1 amide bonds. The van der Waals surface area contributed by atoms with Crippen molar-refractivity contribution in [3.63, 3.8) is 0 Å². The molecule has 150 valence electrons. The van der Waals surface area contributed by atoms with Crippen molar-refractivity contribution in [2.24, 2.45) is 0 Å². The van der Waals surface area contributed by atoms with Crippen LogP contribution in [-0.4, -0.2) is 31.4 Å². The SMILES string of the molecule is CCCCOC(=O)/C=C/c1ccc2c(c1)C(=O)C(=O)N2Cc1ccc(OC)cc1. The zero-order valence-corrected chi connectivity index (χ0v) is 16.5. The van der Waals surface area contributed by atoms with Crippen LogP contribution in [0.4, 0.5) is 5.69 Å². The molecule has 0 fully saturated rings. The highest BCUT2D eigenvalue weighted by molar-refractivity contribution is 6.52. The fraction of sp³-hybridized carbons (Fsp3) is 0.261. The normalized spacial score (nSPS) is 13.1. The summed E-state index contributed by atoms with van der Waals surface area (Å²) >= 11 is 0. The fourth-order valence-corrected chi connectivity index (χ4v) is 3.02. The van der Waals surface area contributed by atoms with Gasteiger partial charge in [-0.05, 0) is 47.9 Å². The van der Waals surface area contributed by atoms with E-state index in [1.807, 2.05) is 31.2 Å². The molecule has 1 heterocycles. The summed E-state index contributed by atoms with van der Waals surface area (Å²) < 4.78 is 10.2. The Morgan fingerprint density at radius 3 is 2.55 bits per heavy atom. The quantitative estimate of drug-likeness (QED) is 0.295. The third-order valence-corrected chi connectivity index (χ3v) is 4.65. The molecule has 6 heteroatoms. The molecule has 0 atom stereocenters. The van der Waals surface area contributed by atoms with Gasteiger partial charge >= 0.3 is 5.97 Å². The van der Waals surface area contributed by atoms with E-state index in [1.165, 1.54) is 11.0 Å². The summed E-state index contributed by atoms with van der Waals surface area (Å²) in [6, 6.07) is 12.5. The molecule has 0 saturated heterocycles. The number of Topliss-reactive ketones (excluding diaryl/α,β-unsaturated/α-hetero) is 1. The summed E-state index contributed by atoms with van der Waals surface area (Å²) in [5, 5.41) is 0. The van der Waals surface area contributed by atoms with E-state index in [1.54, 1.807) is 31.4 Å². The lowest BCUT2D eigenvalue weighted by Crippen LogP contribution is -2.29. The van der Waals surface area contributed by atoms with Gasteiger partial charge in [0.05, 0.1) is 31.5 Å². The van der Waals surface area contributed by atoms with Crippen LogP contribution in [0.15, 0.2) is 48.5 Å². The topological polar surface area (TPSA) is 72.9 Å². The van der Waals surface area contributed by atoms with Gasteiger partial charge in [0.1, 0.15) is 5.75 Å². The summed E-state index contributed by atoms with van der Waals surface area (Å²) in [6.07, 6.45) is 4.68. The van der Waals surface area contributed by atoms with Crippen LogP contribution in [0.1, 0.15) is 41.3 Å². The summed E-state index contributed by atoms with van der Waals surface area (Å²) in [7, 11) is 1.59. The number of unbranched alkanes of at least 4 members (excludes halogenated alkanes) is 1. The third kappa shape index (κ3) is 4.71. The molecule has 0 aliphatic carbocycles. The zero-order chi connectivity index (χ0) is 20.8. The lowest BCUT2D eigenvalue weighted by molar-refractivity contribution is -0.137. The van der Waals surface area contributed by atoms with Gasteiger partial charge in [-0.2, -0.15) is 0 Å². The highest BCUT2D eigenvalue weighted by Gasteiger charge is 2.35. The number of ketones is 1. The minimum Gasteiger partial charge on any atom is -0.497 e. The number of methoxy groups -OCH3 is 1. The lowest BCUT2D eigenvalue weighted by atomic mass is 10.1. The molecule has 0 aromatic heterocycles. The summed E-state index contributed by atoms with van der Waals surface area (Å²) in [5.41, 5.74) is 2.45. The number of anilines is 1. The average Bonchev–Trinajstić information content (AvgIpc) is 2.97. The molecule has 3 rings (SSSR count). The molecule has 2 aromatic rings. The van der Waals surface area contributed by atoms with E-state index in [4.69, 9.17) is 9.47 Å². The number of benzene rings is 2. The molecule has 0 bridgehead atoms. The van der Waals surface area contributed by atoms with Gasteiger partial charge in [0, 0.05) is 6.08 Å². The summed E-state index contributed by atoms with van der Waals surface area (Å²) in [5.74, 6) is -0.810. The number of carbonyl (C=O) groups is 3. The maximum atomic E-state index is 12.5. The number of carbonyl (C=O) groups excluding carboxylic acids is 3. The van der Waals surface area contributed by atoms with Crippen LogP contribution >= 0.6 is 0 Å². The monoisotopic (exact) mass is 393 g/mol. The number of fused-ring (bicyclic) bond motifs is 1. The highest BCUT2D eigenvalue weighted by Crippen LogP contribution is 2.31. The number of rotatable bonds is 8. The number of amides is 1. The van der Waals surface area contributed by atoms with Crippen LogP contribution < -0.4 is 9.64 Å². The second-order valence-corrected chi connectivity index (χ2v) is 6.70. The standard InChI is InChI=1S/C23H23NO5/c1-3-4-13-29-21(25)12-8-16-7-11-20-19(14-16)22(26)23(27)24(20)15-17-5-9-18(28-2)10-6-17/h5-12,14H,3-4,13,15H2,1-2H3/b12-8+. The predicted molar refractivity (Wildman–Crippen MR) is 110 cm³/mol. The van der Waals surface area contributed by atoms with Crippen molar-refractivity contribution in [2.75, 3.05) is 18.6 Å². The van der Waals surface area contributed by atoms with E-state index in [0.29, 0.717) is 30.0 Å². The van der Waals surface area contributed by atoms with E-state index < -0.39 is 17.7 Å². The van der Waals surface area contributed by atoms with Gasteiger partial charge in [0.2, 0.25) is 0 Å². The number of ether oxygens (including phenoxy) is 2. The Balaban J connectivity index is 1.75. The van der Waals surface area contributed by atoms with E-state index in [-0.39, 0.29) is 0 Å². The molecule has 1 aliphatic heterocycles. The molecule has 0 N–H and O–H groups in total. The number of esters is 1. The highest BCUT2D eigenvalue weighted by atomic mass is 16.5. The Morgan fingerprint density at radius 2 is 1.86 bits per heavy atom. The first-order chi connectivity index (χ1) is 14.0. The number of nitrogens with zero attached hydrogens (tertiary/aromatic N) is 1. The maximum Gasteiger partial charge on any atom is 0.330 e. The van der Waals surface area contributed by atoms with Gasteiger partial charge in [-0.25, -0.2) is 4.79 Å². The molecule has 0 unspecified atom stereocenters. The molecule has 0 spiro atoms. The van der Waals surface area contributed by atoms with E-state index in [9.17, 15) is 14.4 Å². The van der Waals surface area contributed by atoms with Gasteiger partial charge in [-0.15, -0.1) is 0 Å². The van der Waals surface area contributed by atoms with Crippen LogP contribution in [0.5, 0.6) is 5.75 Å². The van der Waals surface area contributed by atoms with Gasteiger partial charge < -0.3 is 14.4 Å². The van der Waals surface area contributed by atoms with Crippen molar-refractivity contribution in [1.82, 2.24) is 0 Å². The molecule has 29 heavy (non-hydrogen) atoms. The first kappa shape index (κ1) is 20.3. The molecular weight excluding hydrogens is 370 g/mol. The number of hydrogen-bond acceptors (Lipinski definition) is 5. The third-order valence-electron chi connectivity index (χ3n) is 4.65. The fourth-order valence-electron chi connectivity index (χ4n) is 3.02. The van der Waals surface area contributed by atoms with Gasteiger partial charge in [0.15, 0.2) is 0 Å². The van der Waals surface area contributed by atoms with Crippen LogP contribution in [0, 0.1) is 0 Å². The lowest BCUT2D eigenvalue weighted by Gasteiger charge is -2.17. The Labute approximate surface area is 169 Å². The van der Waals surface area contributed by atoms with Crippen molar-refractivity contribution in [2.45, 2.75) is 26.3 Å². The van der Waals surface area contributed by atoms with Crippen molar-refractivity contribution in [3.05, 3.63) is 65.2 Å². The second kappa shape index (κ2) is 9.19.